The van der Waals surface area contributed by atoms with Gasteiger partial charge in [-0.1, -0.05) is 0 Å². The molecule has 0 N–H and O–H groups in total. The Morgan fingerprint density at radius 2 is 1.75 bits per heavy atom. The molecule has 1 rings (SSSR count). The Balaban J connectivity index is 2.78. The van der Waals surface area contributed by atoms with E-state index in [-0.39, 0.29) is 11.9 Å². The Kier molecular flexibility index (Phi) is 4.97. The SMILES string of the molecule is COC(=O)c1ccc(CC(C)(C)C(=O)OC(C)(C)C)s1. The number of methoxy groups -OCH3 is 1. The molecule has 0 fully saturated rings. The van der Waals surface area contributed by atoms with E-state index < -0.39 is 11.0 Å². The van der Waals surface area contributed by atoms with Crippen molar-refractivity contribution < 1.29 is 19.1 Å². The van der Waals surface area contributed by atoms with Crippen LogP contribution in [0.4, 0.5) is 0 Å². The van der Waals surface area contributed by atoms with Gasteiger partial charge < -0.3 is 9.47 Å². The Morgan fingerprint density at radius 1 is 1.15 bits per heavy atom. The van der Waals surface area contributed by atoms with Crippen LogP contribution < -0.4 is 0 Å². The van der Waals surface area contributed by atoms with Crippen LogP contribution in [-0.4, -0.2) is 24.6 Å². The topological polar surface area (TPSA) is 52.6 Å². The van der Waals surface area contributed by atoms with Crippen molar-refractivity contribution in [2.45, 2.75) is 46.6 Å². The van der Waals surface area contributed by atoms with Gasteiger partial charge in [0, 0.05) is 4.88 Å². The van der Waals surface area contributed by atoms with E-state index in [9.17, 15) is 9.59 Å². The molecule has 4 nitrogen and oxygen atoms in total. The Bertz CT molecular complexity index is 494. The van der Waals surface area contributed by atoms with Crippen LogP contribution in [0.3, 0.4) is 0 Å². The molecule has 0 atom stereocenters. The number of hydrogen-bond donors (Lipinski definition) is 0. The fraction of sp³-hybridized carbons (Fsp3) is 0.600. The number of ether oxygens (including phenoxy) is 2. The zero-order valence-corrected chi connectivity index (χ0v) is 13.7. The third kappa shape index (κ3) is 4.63. The lowest BCUT2D eigenvalue weighted by Gasteiger charge is -2.28. The van der Waals surface area contributed by atoms with E-state index in [1.165, 1.54) is 18.4 Å². The van der Waals surface area contributed by atoms with Crippen molar-refractivity contribution in [3.05, 3.63) is 21.9 Å². The van der Waals surface area contributed by atoms with Gasteiger partial charge in [-0.15, -0.1) is 11.3 Å². The highest BCUT2D eigenvalue weighted by atomic mass is 32.1. The minimum atomic E-state index is -0.633. The Labute approximate surface area is 124 Å². The van der Waals surface area contributed by atoms with Gasteiger partial charge in [-0.25, -0.2) is 4.79 Å². The molecule has 0 saturated heterocycles. The summed E-state index contributed by atoms with van der Waals surface area (Å²) in [5.74, 6) is -0.589. The van der Waals surface area contributed by atoms with Gasteiger partial charge in [0.15, 0.2) is 0 Å². The number of hydrogen-bond acceptors (Lipinski definition) is 5. The molecule has 1 heterocycles. The van der Waals surface area contributed by atoms with Gasteiger partial charge >= 0.3 is 11.9 Å². The normalized spacial score (nSPS) is 12.1. The summed E-state index contributed by atoms with van der Waals surface area (Å²) in [7, 11) is 1.35. The summed E-state index contributed by atoms with van der Waals surface area (Å²) in [5.41, 5.74) is -1.13. The first-order chi connectivity index (χ1) is 9.05. The minimum Gasteiger partial charge on any atom is -0.465 e. The zero-order chi connectivity index (χ0) is 15.6. The molecule has 1 aromatic heterocycles. The largest absolute Gasteiger partial charge is 0.465 e. The fourth-order valence-electron chi connectivity index (χ4n) is 1.61. The van der Waals surface area contributed by atoms with E-state index in [1.54, 1.807) is 6.07 Å². The highest BCUT2D eigenvalue weighted by Crippen LogP contribution is 2.29. The van der Waals surface area contributed by atoms with Crippen LogP contribution >= 0.6 is 11.3 Å². The van der Waals surface area contributed by atoms with Crippen molar-refractivity contribution in [2.75, 3.05) is 7.11 Å². The molecule has 0 spiro atoms. The van der Waals surface area contributed by atoms with Crippen molar-refractivity contribution in [2.24, 2.45) is 5.41 Å². The molecule has 0 bridgehead atoms. The van der Waals surface area contributed by atoms with Crippen LogP contribution in [0, 0.1) is 5.41 Å². The van der Waals surface area contributed by atoms with Gasteiger partial charge in [-0.3, -0.25) is 4.79 Å². The lowest BCUT2D eigenvalue weighted by atomic mass is 9.88. The third-order valence-corrected chi connectivity index (χ3v) is 3.68. The van der Waals surface area contributed by atoms with E-state index in [2.05, 4.69) is 4.74 Å². The highest BCUT2D eigenvalue weighted by Gasteiger charge is 2.33. The smallest absolute Gasteiger partial charge is 0.348 e. The van der Waals surface area contributed by atoms with Crippen LogP contribution in [0.5, 0.6) is 0 Å². The Hall–Kier alpha value is -1.36. The molecule has 0 aliphatic rings. The molecule has 112 valence electrons. The molecule has 0 aliphatic heterocycles. The zero-order valence-electron chi connectivity index (χ0n) is 12.9. The van der Waals surface area contributed by atoms with Crippen molar-refractivity contribution in [1.82, 2.24) is 0 Å². The van der Waals surface area contributed by atoms with Gasteiger partial charge in [-0.05, 0) is 53.2 Å². The van der Waals surface area contributed by atoms with Gasteiger partial charge in [0.2, 0.25) is 0 Å². The second-order valence-corrected chi connectivity index (χ2v) is 7.49. The summed E-state index contributed by atoms with van der Waals surface area (Å²) < 4.78 is 10.1. The number of carbonyl (C=O) groups is 2. The third-order valence-electron chi connectivity index (χ3n) is 2.62. The van der Waals surface area contributed by atoms with E-state index in [1.807, 2.05) is 40.7 Å². The quantitative estimate of drug-likeness (QED) is 0.799. The summed E-state index contributed by atoms with van der Waals surface area (Å²) in [6.45, 7) is 9.24. The summed E-state index contributed by atoms with van der Waals surface area (Å²) in [5, 5.41) is 0. The van der Waals surface area contributed by atoms with Crippen LogP contribution in [-0.2, 0) is 20.7 Å². The first-order valence-electron chi connectivity index (χ1n) is 6.45. The molecule has 0 saturated carbocycles. The fourth-order valence-corrected chi connectivity index (χ4v) is 2.76. The predicted molar refractivity (Wildman–Crippen MR) is 79.0 cm³/mol. The lowest BCUT2D eigenvalue weighted by Crippen LogP contribution is -2.35. The number of esters is 2. The van der Waals surface area contributed by atoms with Crippen molar-refractivity contribution in [1.29, 1.82) is 0 Å². The molecule has 0 amide bonds. The van der Waals surface area contributed by atoms with Crippen molar-refractivity contribution in [3.8, 4) is 0 Å². The van der Waals surface area contributed by atoms with Crippen molar-refractivity contribution >= 4 is 23.3 Å². The maximum absolute atomic E-state index is 12.2. The highest BCUT2D eigenvalue weighted by molar-refractivity contribution is 7.13. The lowest BCUT2D eigenvalue weighted by molar-refractivity contribution is -0.165. The van der Waals surface area contributed by atoms with E-state index >= 15 is 0 Å². The number of rotatable bonds is 4. The monoisotopic (exact) mass is 298 g/mol. The molecular formula is C15H22O4S. The van der Waals surface area contributed by atoms with E-state index in [4.69, 9.17) is 4.74 Å². The second kappa shape index (κ2) is 5.95. The van der Waals surface area contributed by atoms with Crippen LogP contribution in [0.2, 0.25) is 0 Å². The maximum Gasteiger partial charge on any atom is 0.348 e. The average molecular weight is 298 g/mol. The molecular weight excluding hydrogens is 276 g/mol. The molecule has 20 heavy (non-hydrogen) atoms. The predicted octanol–water partition coefficient (Wildman–Crippen LogP) is 3.45. The van der Waals surface area contributed by atoms with Gasteiger partial charge in [0.05, 0.1) is 12.5 Å². The van der Waals surface area contributed by atoms with Gasteiger partial charge in [0.1, 0.15) is 10.5 Å². The molecule has 0 radical (unpaired) electrons. The number of carbonyl (C=O) groups excluding carboxylic acids is 2. The van der Waals surface area contributed by atoms with Gasteiger partial charge in [0.25, 0.3) is 0 Å². The molecule has 0 unspecified atom stereocenters. The first kappa shape index (κ1) is 16.7. The molecule has 0 aliphatic carbocycles. The van der Waals surface area contributed by atoms with E-state index in [0.717, 1.165) is 4.88 Å². The summed E-state index contributed by atoms with van der Waals surface area (Å²) >= 11 is 1.35. The maximum atomic E-state index is 12.2. The molecule has 0 aromatic carbocycles. The van der Waals surface area contributed by atoms with Crippen LogP contribution in [0.1, 0.15) is 49.2 Å². The minimum absolute atomic E-state index is 0.238. The summed E-state index contributed by atoms with van der Waals surface area (Å²) in [6.07, 6.45) is 0.531. The number of thiophene rings is 1. The Morgan fingerprint density at radius 3 is 2.25 bits per heavy atom. The molecule has 1 aromatic rings. The van der Waals surface area contributed by atoms with Gasteiger partial charge in [-0.2, -0.15) is 0 Å². The molecule has 5 heteroatoms. The first-order valence-corrected chi connectivity index (χ1v) is 7.27. The van der Waals surface area contributed by atoms with Crippen molar-refractivity contribution in [3.63, 3.8) is 0 Å². The van der Waals surface area contributed by atoms with E-state index in [0.29, 0.717) is 11.3 Å². The standard InChI is InChI=1S/C15H22O4S/c1-14(2,3)19-13(17)15(4,5)9-10-7-8-11(20-10)12(16)18-6/h7-8H,9H2,1-6H3. The second-order valence-electron chi connectivity index (χ2n) is 6.32. The summed E-state index contributed by atoms with van der Waals surface area (Å²) in [4.78, 5) is 25.1. The summed E-state index contributed by atoms with van der Waals surface area (Å²) in [6, 6.07) is 3.57. The average Bonchev–Trinajstić information content (AvgIpc) is 2.73. The van der Waals surface area contributed by atoms with Crippen LogP contribution in [0.25, 0.3) is 0 Å². The van der Waals surface area contributed by atoms with Crippen LogP contribution in [0.15, 0.2) is 12.1 Å².